The number of benzene rings is 1. The zero-order valence-corrected chi connectivity index (χ0v) is 13.2. The third-order valence-electron chi connectivity index (χ3n) is 3.78. The number of piperidine rings is 1. The van der Waals surface area contributed by atoms with Crippen LogP contribution in [0.15, 0.2) is 24.3 Å². The van der Waals surface area contributed by atoms with Crippen molar-refractivity contribution < 1.29 is 9.53 Å². The fourth-order valence-corrected chi connectivity index (χ4v) is 2.47. The van der Waals surface area contributed by atoms with E-state index in [1.54, 1.807) is 0 Å². The van der Waals surface area contributed by atoms with Gasteiger partial charge in [-0.05, 0) is 49.5 Å². The molecule has 2 N–H and O–H groups in total. The standard InChI is InChI=1S/C17H26N2O2/c1-12(2)11-21-15-6-4-5-14(9-15)17(20)19-16-7-8-18-10-13(16)3/h4-6,9,12-13,16,18H,7-8,10-11H2,1-3H3,(H,19,20). The maximum absolute atomic E-state index is 12.4. The van der Waals surface area contributed by atoms with E-state index >= 15 is 0 Å². The molecule has 4 heteroatoms. The Kier molecular flexibility index (Phi) is 5.62. The van der Waals surface area contributed by atoms with Gasteiger partial charge in [0.2, 0.25) is 0 Å². The van der Waals surface area contributed by atoms with Gasteiger partial charge in [0.1, 0.15) is 5.75 Å². The smallest absolute Gasteiger partial charge is 0.251 e. The predicted octanol–water partition coefficient (Wildman–Crippen LogP) is 2.45. The highest BCUT2D eigenvalue weighted by molar-refractivity contribution is 5.94. The van der Waals surface area contributed by atoms with Gasteiger partial charge in [-0.2, -0.15) is 0 Å². The number of carbonyl (C=O) groups excluding carboxylic acids is 1. The highest BCUT2D eigenvalue weighted by atomic mass is 16.5. The lowest BCUT2D eigenvalue weighted by Gasteiger charge is -2.30. The minimum absolute atomic E-state index is 0.0104. The first-order valence-electron chi connectivity index (χ1n) is 7.80. The molecule has 2 rings (SSSR count). The van der Waals surface area contributed by atoms with E-state index in [1.165, 1.54) is 0 Å². The predicted molar refractivity (Wildman–Crippen MR) is 84.7 cm³/mol. The van der Waals surface area contributed by atoms with Gasteiger partial charge in [-0.1, -0.05) is 26.8 Å². The summed E-state index contributed by atoms with van der Waals surface area (Å²) in [6, 6.07) is 7.68. The summed E-state index contributed by atoms with van der Waals surface area (Å²) in [7, 11) is 0. The Hall–Kier alpha value is -1.55. The van der Waals surface area contributed by atoms with Crippen molar-refractivity contribution in [3.05, 3.63) is 29.8 Å². The molecule has 1 saturated heterocycles. The van der Waals surface area contributed by atoms with E-state index in [0.29, 0.717) is 24.0 Å². The molecular weight excluding hydrogens is 264 g/mol. The summed E-state index contributed by atoms with van der Waals surface area (Å²) in [5.74, 6) is 1.68. The monoisotopic (exact) mass is 290 g/mol. The lowest BCUT2D eigenvalue weighted by Crippen LogP contribution is -2.48. The van der Waals surface area contributed by atoms with Gasteiger partial charge in [0, 0.05) is 11.6 Å². The van der Waals surface area contributed by atoms with Crippen molar-refractivity contribution in [3.63, 3.8) is 0 Å². The van der Waals surface area contributed by atoms with E-state index in [1.807, 2.05) is 24.3 Å². The first-order valence-corrected chi connectivity index (χ1v) is 7.80. The molecule has 1 amide bonds. The maximum atomic E-state index is 12.4. The Balaban J connectivity index is 1.96. The maximum Gasteiger partial charge on any atom is 0.251 e. The van der Waals surface area contributed by atoms with Gasteiger partial charge >= 0.3 is 0 Å². The number of ether oxygens (including phenoxy) is 1. The van der Waals surface area contributed by atoms with Crippen LogP contribution in [0.5, 0.6) is 5.75 Å². The number of rotatable bonds is 5. The van der Waals surface area contributed by atoms with Crippen LogP contribution in [0.1, 0.15) is 37.6 Å². The Morgan fingerprint density at radius 2 is 2.29 bits per heavy atom. The van der Waals surface area contributed by atoms with Gasteiger partial charge < -0.3 is 15.4 Å². The normalized spacial score (nSPS) is 22.1. The van der Waals surface area contributed by atoms with E-state index in [4.69, 9.17) is 4.74 Å². The molecular formula is C17H26N2O2. The highest BCUT2D eigenvalue weighted by Crippen LogP contribution is 2.16. The van der Waals surface area contributed by atoms with Crippen molar-refractivity contribution in [2.45, 2.75) is 33.2 Å². The molecule has 1 fully saturated rings. The van der Waals surface area contributed by atoms with Crippen molar-refractivity contribution in [2.24, 2.45) is 11.8 Å². The zero-order valence-electron chi connectivity index (χ0n) is 13.2. The van der Waals surface area contributed by atoms with Crippen LogP contribution in [0.3, 0.4) is 0 Å². The van der Waals surface area contributed by atoms with Gasteiger partial charge in [0.15, 0.2) is 0 Å². The van der Waals surface area contributed by atoms with Crippen LogP contribution in [-0.2, 0) is 0 Å². The molecule has 1 aliphatic heterocycles. The van der Waals surface area contributed by atoms with Crippen molar-refractivity contribution >= 4 is 5.91 Å². The summed E-state index contributed by atoms with van der Waals surface area (Å²) < 4.78 is 5.68. The fourth-order valence-electron chi connectivity index (χ4n) is 2.47. The number of hydrogen-bond donors (Lipinski definition) is 2. The molecule has 2 unspecified atom stereocenters. The summed E-state index contributed by atoms with van der Waals surface area (Å²) in [6.45, 7) is 8.97. The Labute approximate surface area is 127 Å². The van der Waals surface area contributed by atoms with E-state index in [0.717, 1.165) is 25.3 Å². The minimum atomic E-state index is -0.0104. The van der Waals surface area contributed by atoms with E-state index in [2.05, 4.69) is 31.4 Å². The molecule has 1 heterocycles. The molecule has 0 aromatic heterocycles. The van der Waals surface area contributed by atoms with Crippen molar-refractivity contribution in [1.29, 1.82) is 0 Å². The second-order valence-electron chi connectivity index (χ2n) is 6.28. The van der Waals surface area contributed by atoms with Crippen LogP contribution in [0, 0.1) is 11.8 Å². The van der Waals surface area contributed by atoms with Crippen molar-refractivity contribution in [2.75, 3.05) is 19.7 Å². The van der Waals surface area contributed by atoms with Crippen molar-refractivity contribution in [1.82, 2.24) is 10.6 Å². The van der Waals surface area contributed by atoms with Crippen molar-refractivity contribution in [3.8, 4) is 5.75 Å². The molecule has 1 aliphatic rings. The van der Waals surface area contributed by atoms with Crippen LogP contribution in [-0.4, -0.2) is 31.6 Å². The highest BCUT2D eigenvalue weighted by Gasteiger charge is 2.23. The molecule has 0 saturated carbocycles. The van der Waals surface area contributed by atoms with Gasteiger partial charge in [-0.25, -0.2) is 0 Å². The molecule has 0 spiro atoms. The van der Waals surface area contributed by atoms with Crippen LogP contribution in [0.4, 0.5) is 0 Å². The van der Waals surface area contributed by atoms with Gasteiger partial charge in [-0.3, -0.25) is 4.79 Å². The molecule has 21 heavy (non-hydrogen) atoms. The lowest BCUT2D eigenvalue weighted by atomic mass is 9.95. The van der Waals surface area contributed by atoms with E-state index in [9.17, 15) is 4.79 Å². The van der Waals surface area contributed by atoms with Crippen LogP contribution in [0.2, 0.25) is 0 Å². The van der Waals surface area contributed by atoms with Crippen LogP contribution in [0.25, 0.3) is 0 Å². The topological polar surface area (TPSA) is 50.4 Å². The molecule has 0 aliphatic carbocycles. The number of amides is 1. The number of hydrogen-bond acceptors (Lipinski definition) is 3. The van der Waals surface area contributed by atoms with Crippen LogP contribution >= 0.6 is 0 Å². The third kappa shape index (κ3) is 4.74. The van der Waals surface area contributed by atoms with Gasteiger partial charge in [0.25, 0.3) is 5.91 Å². The fraction of sp³-hybridized carbons (Fsp3) is 0.588. The molecule has 4 nitrogen and oxygen atoms in total. The second kappa shape index (κ2) is 7.46. The SMILES string of the molecule is CC(C)COc1cccc(C(=O)NC2CCNCC2C)c1. The second-order valence-corrected chi connectivity index (χ2v) is 6.28. The summed E-state index contributed by atoms with van der Waals surface area (Å²) in [6.07, 6.45) is 0.983. The zero-order chi connectivity index (χ0) is 15.2. The average Bonchev–Trinajstić information content (AvgIpc) is 2.48. The minimum Gasteiger partial charge on any atom is -0.493 e. The van der Waals surface area contributed by atoms with E-state index in [-0.39, 0.29) is 11.9 Å². The number of nitrogens with one attached hydrogen (secondary N) is 2. The molecule has 0 radical (unpaired) electrons. The molecule has 1 aromatic rings. The Morgan fingerprint density at radius 1 is 1.48 bits per heavy atom. The molecule has 116 valence electrons. The third-order valence-corrected chi connectivity index (χ3v) is 3.78. The van der Waals surface area contributed by atoms with Gasteiger partial charge in [-0.15, -0.1) is 0 Å². The Morgan fingerprint density at radius 3 is 3.00 bits per heavy atom. The summed E-state index contributed by atoms with van der Waals surface area (Å²) in [5, 5.41) is 6.49. The first-order chi connectivity index (χ1) is 10.1. The quantitative estimate of drug-likeness (QED) is 0.876. The first kappa shape index (κ1) is 15.8. The van der Waals surface area contributed by atoms with Crippen LogP contribution < -0.4 is 15.4 Å². The largest absolute Gasteiger partial charge is 0.493 e. The molecule has 2 atom stereocenters. The Bertz CT molecular complexity index is 474. The molecule has 1 aromatic carbocycles. The lowest BCUT2D eigenvalue weighted by molar-refractivity contribution is 0.0913. The number of carbonyl (C=O) groups is 1. The van der Waals surface area contributed by atoms with E-state index < -0.39 is 0 Å². The average molecular weight is 290 g/mol. The summed E-state index contributed by atoms with van der Waals surface area (Å²) >= 11 is 0. The molecule has 0 bridgehead atoms. The summed E-state index contributed by atoms with van der Waals surface area (Å²) in [4.78, 5) is 12.4. The van der Waals surface area contributed by atoms with Gasteiger partial charge in [0.05, 0.1) is 6.61 Å². The summed E-state index contributed by atoms with van der Waals surface area (Å²) in [5.41, 5.74) is 0.669.